The lowest BCUT2D eigenvalue weighted by Gasteiger charge is -2.23. The Bertz CT molecular complexity index is 380. The van der Waals surface area contributed by atoms with Crippen molar-refractivity contribution in [1.29, 1.82) is 0 Å². The number of carboxylic acids is 1. The van der Waals surface area contributed by atoms with Gasteiger partial charge >= 0.3 is 5.97 Å². The van der Waals surface area contributed by atoms with E-state index in [1.807, 2.05) is 6.92 Å². The number of hydrogen-bond acceptors (Lipinski definition) is 3. The summed E-state index contributed by atoms with van der Waals surface area (Å²) in [5.41, 5.74) is 0.732. The number of rotatable bonds is 7. The number of carboxylic acid groups (broad SMARTS) is 1. The maximum absolute atomic E-state index is 10.6. The molecule has 1 aromatic rings. The average molecular weight is 272 g/mol. The molecule has 2 atom stereocenters. The van der Waals surface area contributed by atoms with Crippen LogP contribution in [0.15, 0.2) is 24.3 Å². The second kappa shape index (κ2) is 7.36. The molecular formula is C13H18ClNO3. The summed E-state index contributed by atoms with van der Waals surface area (Å²) in [6, 6.07) is 6.64. The van der Waals surface area contributed by atoms with Crippen LogP contribution in [0, 0.1) is 0 Å². The Morgan fingerprint density at radius 1 is 1.39 bits per heavy atom. The number of carbonyl (C=O) groups is 1. The predicted molar refractivity (Wildman–Crippen MR) is 70.7 cm³/mol. The van der Waals surface area contributed by atoms with Crippen LogP contribution < -0.4 is 5.32 Å². The molecule has 0 aliphatic rings. The standard InChI is InChI=1S/C13H18ClNO3/c1-2-15-11(7-8-12(16)17)13(18)9-3-5-10(14)6-4-9/h3-6,11,13,15,18H,2,7-8H2,1H3,(H,16,17). The molecular weight excluding hydrogens is 254 g/mol. The topological polar surface area (TPSA) is 69.6 Å². The molecule has 0 amide bonds. The van der Waals surface area contributed by atoms with Crippen molar-refractivity contribution in [3.63, 3.8) is 0 Å². The van der Waals surface area contributed by atoms with Crippen molar-refractivity contribution < 1.29 is 15.0 Å². The van der Waals surface area contributed by atoms with Gasteiger partial charge in [0, 0.05) is 17.5 Å². The van der Waals surface area contributed by atoms with Crippen LogP contribution in [0.25, 0.3) is 0 Å². The van der Waals surface area contributed by atoms with Crippen LogP contribution in [-0.2, 0) is 4.79 Å². The molecule has 0 aliphatic carbocycles. The Morgan fingerprint density at radius 2 is 2.00 bits per heavy atom. The monoisotopic (exact) mass is 271 g/mol. The van der Waals surface area contributed by atoms with Crippen LogP contribution in [-0.4, -0.2) is 28.8 Å². The third-order valence-corrected chi connectivity index (χ3v) is 2.98. The molecule has 0 saturated carbocycles. The molecule has 1 rings (SSSR count). The van der Waals surface area contributed by atoms with Crippen LogP contribution in [0.3, 0.4) is 0 Å². The van der Waals surface area contributed by atoms with Gasteiger partial charge in [-0.25, -0.2) is 0 Å². The van der Waals surface area contributed by atoms with Gasteiger partial charge < -0.3 is 15.5 Å². The molecule has 2 unspecified atom stereocenters. The first-order valence-corrected chi connectivity index (χ1v) is 6.31. The normalized spacial score (nSPS) is 14.2. The fraction of sp³-hybridized carbons (Fsp3) is 0.462. The fourth-order valence-electron chi connectivity index (χ4n) is 1.80. The second-order valence-electron chi connectivity index (χ2n) is 4.09. The lowest BCUT2D eigenvalue weighted by molar-refractivity contribution is -0.137. The lowest BCUT2D eigenvalue weighted by Crippen LogP contribution is -2.35. The summed E-state index contributed by atoms with van der Waals surface area (Å²) in [4.78, 5) is 10.6. The van der Waals surface area contributed by atoms with E-state index in [2.05, 4.69) is 5.32 Å². The van der Waals surface area contributed by atoms with E-state index in [0.717, 1.165) is 5.56 Å². The van der Waals surface area contributed by atoms with Gasteiger partial charge in [-0.05, 0) is 30.7 Å². The number of aliphatic carboxylic acids is 1. The summed E-state index contributed by atoms with van der Waals surface area (Å²) in [6.07, 6.45) is -0.323. The molecule has 0 bridgehead atoms. The fourth-order valence-corrected chi connectivity index (χ4v) is 1.93. The largest absolute Gasteiger partial charge is 0.481 e. The highest BCUT2D eigenvalue weighted by Crippen LogP contribution is 2.21. The summed E-state index contributed by atoms with van der Waals surface area (Å²) in [7, 11) is 0. The smallest absolute Gasteiger partial charge is 0.303 e. The number of halogens is 1. The van der Waals surface area contributed by atoms with Gasteiger partial charge in [0.05, 0.1) is 6.10 Å². The Kier molecular flexibility index (Phi) is 6.12. The maximum atomic E-state index is 10.6. The molecule has 0 aliphatic heterocycles. The summed E-state index contributed by atoms with van der Waals surface area (Å²) in [5.74, 6) is -0.860. The minimum absolute atomic E-state index is 0.0301. The third kappa shape index (κ3) is 4.64. The second-order valence-corrected chi connectivity index (χ2v) is 4.53. The zero-order valence-electron chi connectivity index (χ0n) is 10.3. The number of nitrogens with one attached hydrogen (secondary N) is 1. The van der Waals surface area contributed by atoms with Crippen LogP contribution in [0.5, 0.6) is 0 Å². The van der Waals surface area contributed by atoms with Crippen LogP contribution in [0.4, 0.5) is 0 Å². The molecule has 0 fully saturated rings. The highest BCUT2D eigenvalue weighted by molar-refractivity contribution is 6.30. The number of hydrogen-bond donors (Lipinski definition) is 3. The third-order valence-electron chi connectivity index (χ3n) is 2.73. The van der Waals surface area contributed by atoms with Crippen molar-refractivity contribution in [3.05, 3.63) is 34.9 Å². The summed E-state index contributed by atoms with van der Waals surface area (Å²) < 4.78 is 0. The SMILES string of the molecule is CCNC(CCC(=O)O)C(O)c1ccc(Cl)cc1. The molecule has 0 heterocycles. The molecule has 0 saturated heterocycles. The van der Waals surface area contributed by atoms with Crippen molar-refractivity contribution >= 4 is 17.6 Å². The van der Waals surface area contributed by atoms with E-state index in [9.17, 15) is 9.90 Å². The summed E-state index contributed by atoms with van der Waals surface area (Å²) in [5, 5.41) is 22.6. The number of aliphatic hydroxyl groups is 1. The van der Waals surface area contributed by atoms with Gasteiger partial charge in [-0.15, -0.1) is 0 Å². The first kappa shape index (κ1) is 15.0. The maximum Gasteiger partial charge on any atom is 0.303 e. The first-order chi connectivity index (χ1) is 8.54. The number of likely N-dealkylation sites (N-methyl/N-ethyl adjacent to an activating group) is 1. The molecule has 0 spiro atoms. The summed E-state index contributed by atoms with van der Waals surface area (Å²) in [6.45, 7) is 2.59. The van der Waals surface area contributed by atoms with Gasteiger partial charge in [0.15, 0.2) is 0 Å². The van der Waals surface area contributed by atoms with Crippen molar-refractivity contribution in [1.82, 2.24) is 5.32 Å². The molecule has 4 nitrogen and oxygen atoms in total. The van der Waals surface area contributed by atoms with E-state index in [1.165, 1.54) is 0 Å². The first-order valence-electron chi connectivity index (χ1n) is 5.93. The van der Waals surface area contributed by atoms with Gasteiger partial charge in [0.1, 0.15) is 0 Å². The van der Waals surface area contributed by atoms with E-state index in [0.29, 0.717) is 18.0 Å². The van der Waals surface area contributed by atoms with Crippen LogP contribution in [0.1, 0.15) is 31.4 Å². The zero-order chi connectivity index (χ0) is 13.5. The number of aliphatic hydroxyl groups excluding tert-OH is 1. The highest BCUT2D eigenvalue weighted by Gasteiger charge is 2.20. The van der Waals surface area contributed by atoms with E-state index in [-0.39, 0.29) is 12.5 Å². The molecule has 0 radical (unpaired) electrons. The summed E-state index contributed by atoms with van der Waals surface area (Å²) >= 11 is 5.78. The molecule has 3 N–H and O–H groups in total. The molecule has 5 heteroatoms. The van der Waals surface area contributed by atoms with Gasteiger partial charge in [-0.1, -0.05) is 30.7 Å². The average Bonchev–Trinajstić information content (AvgIpc) is 2.34. The van der Waals surface area contributed by atoms with Gasteiger partial charge in [-0.3, -0.25) is 4.79 Å². The van der Waals surface area contributed by atoms with E-state index in [4.69, 9.17) is 16.7 Å². The lowest BCUT2D eigenvalue weighted by atomic mass is 9.98. The van der Waals surface area contributed by atoms with Crippen molar-refractivity contribution in [3.8, 4) is 0 Å². The van der Waals surface area contributed by atoms with Crippen molar-refractivity contribution in [2.45, 2.75) is 31.9 Å². The molecule has 1 aromatic carbocycles. The van der Waals surface area contributed by atoms with Crippen molar-refractivity contribution in [2.24, 2.45) is 0 Å². The van der Waals surface area contributed by atoms with Crippen LogP contribution in [0.2, 0.25) is 5.02 Å². The minimum Gasteiger partial charge on any atom is -0.481 e. The van der Waals surface area contributed by atoms with Gasteiger partial charge in [-0.2, -0.15) is 0 Å². The van der Waals surface area contributed by atoms with E-state index >= 15 is 0 Å². The Hall–Kier alpha value is -1.10. The van der Waals surface area contributed by atoms with Gasteiger partial charge in [0.2, 0.25) is 0 Å². The number of benzene rings is 1. The Morgan fingerprint density at radius 3 is 2.50 bits per heavy atom. The van der Waals surface area contributed by atoms with E-state index < -0.39 is 12.1 Å². The minimum atomic E-state index is -0.860. The molecule has 0 aromatic heterocycles. The van der Waals surface area contributed by atoms with Crippen LogP contribution >= 0.6 is 11.6 Å². The highest BCUT2D eigenvalue weighted by atomic mass is 35.5. The Balaban J connectivity index is 2.71. The Labute approximate surface area is 112 Å². The predicted octanol–water partition coefficient (Wildman–Crippen LogP) is 2.22. The van der Waals surface area contributed by atoms with E-state index in [1.54, 1.807) is 24.3 Å². The quantitative estimate of drug-likeness (QED) is 0.711. The molecule has 100 valence electrons. The zero-order valence-corrected chi connectivity index (χ0v) is 11.0. The van der Waals surface area contributed by atoms with Gasteiger partial charge in [0.25, 0.3) is 0 Å². The van der Waals surface area contributed by atoms with Crippen molar-refractivity contribution in [2.75, 3.05) is 6.54 Å². The molecule has 18 heavy (non-hydrogen) atoms.